The SMILES string of the molecule is C[B]c1ccc2c(c1)CC(=O)N2. The van der Waals surface area contributed by atoms with Crippen molar-refractivity contribution in [3.05, 3.63) is 23.8 Å². The smallest absolute Gasteiger partial charge is 0.228 e. The number of amides is 1. The number of carbonyl (C=O) groups is 1. The van der Waals surface area contributed by atoms with E-state index in [1.807, 2.05) is 32.3 Å². The van der Waals surface area contributed by atoms with E-state index in [0.29, 0.717) is 6.42 Å². The summed E-state index contributed by atoms with van der Waals surface area (Å²) in [7, 11) is 2.03. The lowest BCUT2D eigenvalue weighted by Gasteiger charge is -1.99. The number of nitrogens with one attached hydrogen (secondary N) is 1. The lowest BCUT2D eigenvalue weighted by atomic mass is 9.73. The number of fused-ring (bicyclic) bond motifs is 1. The molecule has 1 aliphatic heterocycles. The van der Waals surface area contributed by atoms with Crippen molar-refractivity contribution in [2.75, 3.05) is 5.32 Å². The van der Waals surface area contributed by atoms with Gasteiger partial charge in [-0.25, -0.2) is 0 Å². The van der Waals surface area contributed by atoms with Crippen LogP contribution in [0.2, 0.25) is 6.82 Å². The highest BCUT2D eigenvalue weighted by molar-refractivity contribution is 6.52. The minimum atomic E-state index is 0.0956. The Morgan fingerprint density at radius 3 is 3.08 bits per heavy atom. The van der Waals surface area contributed by atoms with Crippen molar-refractivity contribution in [3.63, 3.8) is 0 Å². The zero-order valence-corrected chi connectivity index (χ0v) is 6.92. The van der Waals surface area contributed by atoms with E-state index < -0.39 is 0 Å². The predicted molar refractivity (Wildman–Crippen MR) is 50.0 cm³/mol. The van der Waals surface area contributed by atoms with Crippen molar-refractivity contribution in [1.82, 2.24) is 0 Å². The molecule has 1 aromatic rings. The highest BCUT2D eigenvalue weighted by atomic mass is 16.1. The van der Waals surface area contributed by atoms with Gasteiger partial charge >= 0.3 is 0 Å². The third-order valence-corrected chi connectivity index (χ3v) is 2.09. The summed E-state index contributed by atoms with van der Waals surface area (Å²) in [5, 5.41) is 2.80. The standard InChI is InChI=1S/C9H9BNO/c1-10-7-2-3-8-6(4-7)5-9(12)11-8/h2-4H,5H2,1H3,(H,11,12). The summed E-state index contributed by atoms with van der Waals surface area (Å²) in [6.45, 7) is 1.99. The van der Waals surface area contributed by atoms with Crippen molar-refractivity contribution in [1.29, 1.82) is 0 Å². The van der Waals surface area contributed by atoms with Crippen LogP contribution in [0.5, 0.6) is 0 Å². The van der Waals surface area contributed by atoms with Gasteiger partial charge in [-0.3, -0.25) is 4.79 Å². The van der Waals surface area contributed by atoms with Crippen molar-refractivity contribution in [2.45, 2.75) is 13.2 Å². The van der Waals surface area contributed by atoms with Gasteiger partial charge in [0.05, 0.1) is 6.42 Å². The largest absolute Gasteiger partial charge is 0.326 e. The number of anilines is 1. The zero-order chi connectivity index (χ0) is 8.55. The molecule has 0 atom stereocenters. The summed E-state index contributed by atoms with van der Waals surface area (Å²) >= 11 is 0. The number of rotatable bonds is 1. The first-order valence-corrected chi connectivity index (χ1v) is 4.02. The zero-order valence-electron chi connectivity index (χ0n) is 6.92. The molecule has 1 amide bonds. The van der Waals surface area contributed by atoms with E-state index in [0.717, 1.165) is 11.3 Å². The van der Waals surface area contributed by atoms with Crippen LogP contribution in [0.1, 0.15) is 5.56 Å². The van der Waals surface area contributed by atoms with Gasteiger partial charge in [-0.05, 0) is 11.6 Å². The highest BCUT2D eigenvalue weighted by Gasteiger charge is 2.16. The molecular weight excluding hydrogens is 149 g/mol. The first kappa shape index (κ1) is 7.41. The Balaban J connectivity index is 2.41. The van der Waals surface area contributed by atoms with Crippen molar-refractivity contribution >= 4 is 24.3 Å². The molecule has 0 saturated heterocycles. The van der Waals surface area contributed by atoms with Crippen LogP contribution in [0.25, 0.3) is 0 Å². The third kappa shape index (κ3) is 1.11. The Morgan fingerprint density at radius 2 is 2.33 bits per heavy atom. The minimum absolute atomic E-state index is 0.0956. The van der Waals surface area contributed by atoms with E-state index in [-0.39, 0.29) is 5.91 Å². The molecule has 0 unspecified atom stereocenters. The molecule has 3 heteroatoms. The van der Waals surface area contributed by atoms with Gasteiger partial charge in [0.15, 0.2) is 0 Å². The Labute approximate surface area is 72.2 Å². The van der Waals surface area contributed by atoms with Gasteiger partial charge in [0, 0.05) is 5.69 Å². The van der Waals surface area contributed by atoms with E-state index >= 15 is 0 Å². The molecule has 1 radical (unpaired) electrons. The van der Waals surface area contributed by atoms with Crippen molar-refractivity contribution in [3.8, 4) is 0 Å². The Bertz CT molecular complexity index is 335. The molecule has 2 nitrogen and oxygen atoms in total. The van der Waals surface area contributed by atoms with E-state index in [2.05, 4.69) is 5.32 Å². The quantitative estimate of drug-likeness (QED) is 0.594. The number of carbonyl (C=O) groups excluding carboxylic acids is 1. The van der Waals surface area contributed by atoms with Gasteiger partial charge in [-0.15, -0.1) is 0 Å². The molecule has 0 bridgehead atoms. The van der Waals surface area contributed by atoms with Crippen LogP contribution in [0.3, 0.4) is 0 Å². The first-order chi connectivity index (χ1) is 5.79. The van der Waals surface area contributed by atoms with Crippen LogP contribution in [0, 0.1) is 0 Å². The monoisotopic (exact) mass is 158 g/mol. The van der Waals surface area contributed by atoms with Gasteiger partial charge < -0.3 is 5.32 Å². The van der Waals surface area contributed by atoms with Crippen LogP contribution < -0.4 is 10.8 Å². The molecule has 1 heterocycles. The summed E-state index contributed by atoms with van der Waals surface area (Å²) in [6, 6.07) is 6.01. The Morgan fingerprint density at radius 1 is 1.50 bits per heavy atom. The fourth-order valence-electron chi connectivity index (χ4n) is 1.43. The van der Waals surface area contributed by atoms with E-state index in [9.17, 15) is 4.79 Å². The highest BCUT2D eigenvalue weighted by Crippen LogP contribution is 2.20. The topological polar surface area (TPSA) is 29.1 Å². The van der Waals surface area contributed by atoms with Gasteiger partial charge in [0.25, 0.3) is 0 Å². The van der Waals surface area contributed by atoms with Crippen LogP contribution in [-0.4, -0.2) is 13.2 Å². The van der Waals surface area contributed by atoms with Gasteiger partial charge in [-0.1, -0.05) is 24.4 Å². The lowest BCUT2D eigenvalue weighted by Crippen LogP contribution is -2.09. The first-order valence-electron chi connectivity index (χ1n) is 4.02. The molecule has 1 aromatic carbocycles. The van der Waals surface area contributed by atoms with Crippen LogP contribution in [0.15, 0.2) is 18.2 Å². The van der Waals surface area contributed by atoms with Gasteiger partial charge in [-0.2, -0.15) is 0 Å². The second-order valence-corrected chi connectivity index (χ2v) is 2.93. The van der Waals surface area contributed by atoms with Gasteiger partial charge in [0.1, 0.15) is 7.28 Å². The molecular formula is C9H9BNO. The predicted octanol–water partition coefficient (Wildman–Crippen LogP) is 0.559. The molecule has 0 saturated carbocycles. The maximum absolute atomic E-state index is 11.0. The van der Waals surface area contributed by atoms with Crippen molar-refractivity contribution < 1.29 is 4.79 Å². The van der Waals surface area contributed by atoms with E-state index in [1.165, 1.54) is 5.46 Å². The maximum atomic E-state index is 11.0. The summed E-state index contributed by atoms with van der Waals surface area (Å²) in [5.74, 6) is 0.0956. The lowest BCUT2D eigenvalue weighted by molar-refractivity contribution is -0.115. The average Bonchev–Trinajstić information content (AvgIpc) is 2.43. The molecule has 0 fully saturated rings. The van der Waals surface area contributed by atoms with E-state index in [1.54, 1.807) is 0 Å². The molecule has 2 rings (SSSR count). The van der Waals surface area contributed by atoms with Crippen LogP contribution in [-0.2, 0) is 11.2 Å². The Hall–Kier alpha value is -1.25. The molecule has 0 spiro atoms. The molecule has 0 aromatic heterocycles. The summed E-state index contributed by atoms with van der Waals surface area (Å²) in [5.41, 5.74) is 3.24. The Kier molecular flexibility index (Phi) is 1.64. The number of benzene rings is 1. The molecule has 1 aliphatic rings. The molecule has 59 valence electrons. The van der Waals surface area contributed by atoms with Gasteiger partial charge in [0.2, 0.25) is 5.91 Å². The second kappa shape index (κ2) is 2.66. The average molecular weight is 158 g/mol. The molecule has 0 aliphatic carbocycles. The fraction of sp³-hybridized carbons (Fsp3) is 0.222. The fourth-order valence-corrected chi connectivity index (χ4v) is 1.43. The minimum Gasteiger partial charge on any atom is -0.326 e. The normalized spacial score (nSPS) is 13.9. The summed E-state index contributed by atoms with van der Waals surface area (Å²) in [4.78, 5) is 11.0. The third-order valence-electron chi connectivity index (χ3n) is 2.09. The van der Waals surface area contributed by atoms with E-state index in [4.69, 9.17) is 0 Å². The second-order valence-electron chi connectivity index (χ2n) is 2.93. The van der Waals surface area contributed by atoms with Crippen LogP contribution >= 0.6 is 0 Å². The summed E-state index contributed by atoms with van der Waals surface area (Å²) in [6.07, 6.45) is 0.525. The number of hydrogen-bond donors (Lipinski definition) is 1. The molecule has 1 N–H and O–H groups in total. The number of hydrogen-bond acceptors (Lipinski definition) is 1. The van der Waals surface area contributed by atoms with Crippen LogP contribution in [0.4, 0.5) is 5.69 Å². The summed E-state index contributed by atoms with van der Waals surface area (Å²) < 4.78 is 0. The van der Waals surface area contributed by atoms with Crippen molar-refractivity contribution in [2.24, 2.45) is 0 Å². The maximum Gasteiger partial charge on any atom is 0.228 e. The molecule has 12 heavy (non-hydrogen) atoms.